The van der Waals surface area contributed by atoms with Crippen molar-refractivity contribution in [2.75, 3.05) is 6.54 Å². The third kappa shape index (κ3) is 6.55. The average molecular weight is 429 g/mol. The van der Waals surface area contributed by atoms with E-state index in [1.54, 1.807) is 4.90 Å². The molecule has 166 valence electrons. The lowest BCUT2D eigenvalue weighted by molar-refractivity contribution is -0.140. The number of nitrogens with zero attached hydrogens (tertiary/aromatic N) is 1. The molecule has 0 heterocycles. The van der Waals surface area contributed by atoms with E-state index in [4.69, 9.17) is 0 Å². The van der Waals surface area contributed by atoms with Crippen LogP contribution in [-0.2, 0) is 29.0 Å². The van der Waals surface area contributed by atoms with E-state index in [1.807, 2.05) is 99.6 Å². The number of likely N-dealkylation sites (N-methyl/N-ethyl adjacent to an activating group) is 1. The van der Waals surface area contributed by atoms with Gasteiger partial charge in [-0.3, -0.25) is 9.59 Å². The van der Waals surface area contributed by atoms with Crippen LogP contribution in [0.25, 0.3) is 0 Å². The first kappa shape index (κ1) is 23.3. The number of amides is 2. The van der Waals surface area contributed by atoms with Crippen molar-refractivity contribution >= 4 is 11.8 Å². The highest BCUT2D eigenvalue weighted by Gasteiger charge is 2.30. The molecule has 4 heteroatoms. The molecule has 4 nitrogen and oxygen atoms in total. The normalized spacial score (nSPS) is 11.6. The summed E-state index contributed by atoms with van der Waals surface area (Å²) in [5.41, 5.74) is 5.30. The molecule has 3 aromatic carbocycles. The van der Waals surface area contributed by atoms with Crippen LogP contribution in [0, 0.1) is 13.8 Å². The molecule has 0 fully saturated rings. The summed E-state index contributed by atoms with van der Waals surface area (Å²) in [5, 5.41) is 2.93. The average Bonchev–Trinajstić information content (AvgIpc) is 2.79. The van der Waals surface area contributed by atoms with Crippen molar-refractivity contribution in [3.05, 3.63) is 107 Å². The topological polar surface area (TPSA) is 49.4 Å². The van der Waals surface area contributed by atoms with Gasteiger partial charge in [0.2, 0.25) is 11.8 Å². The van der Waals surface area contributed by atoms with E-state index < -0.39 is 6.04 Å². The summed E-state index contributed by atoms with van der Waals surface area (Å²) in [4.78, 5) is 28.4. The fraction of sp³-hybridized carbons (Fsp3) is 0.286. The van der Waals surface area contributed by atoms with E-state index in [0.717, 1.165) is 27.8 Å². The van der Waals surface area contributed by atoms with Crippen molar-refractivity contribution in [3.63, 3.8) is 0 Å². The quantitative estimate of drug-likeness (QED) is 0.541. The van der Waals surface area contributed by atoms with E-state index in [2.05, 4.69) is 5.32 Å². The zero-order valence-corrected chi connectivity index (χ0v) is 19.2. The number of carbonyl (C=O) groups is 2. The lowest BCUT2D eigenvalue weighted by Gasteiger charge is -2.31. The summed E-state index contributed by atoms with van der Waals surface area (Å²) < 4.78 is 0. The molecule has 2 amide bonds. The molecule has 0 radical (unpaired) electrons. The van der Waals surface area contributed by atoms with Gasteiger partial charge in [0.05, 0.1) is 6.42 Å². The van der Waals surface area contributed by atoms with E-state index in [-0.39, 0.29) is 18.2 Å². The van der Waals surface area contributed by atoms with Crippen LogP contribution < -0.4 is 5.32 Å². The molecule has 0 aliphatic heterocycles. The summed E-state index contributed by atoms with van der Waals surface area (Å²) in [6, 6.07) is 25.4. The molecule has 0 bridgehead atoms. The Hall–Kier alpha value is -3.40. The Labute approximate surface area is 191 Å². The molecule has 1 atom stereocenters. The van der Waals surface area contributed by atoms with Crippen molar-refractivity contribution in [1.29, 1.82) is 0 Å². The molecular weight excluding hydrogens is 396 g/mol. The Morgan fingerprint density at radius 3 is 1.91 bits per heavy atom. The molecule has 32 heavy (non-hydrogen) atoms. The minimum absolute atomic E-state index is 0.0541. The lowest BCUT2D eigenvalue weighted by Crippen LogP contribution is -2.50. The Bertz CT molecular complexity index is 1010. The van der Waals surface area contributed by atoms with Gasteiger partial charge in [-0.1, -0.05) is 90.0 Å². The van der Waals surface area contributed by atoms with Crippen LogP contribution in [0.2, 0.25) is 0 Å². The van der Waals surface area contributed by atoms with Gasteiger partial charge in [0.15, 0.2) is 0 Å². The van der Waals surface area contributed by atoms with Crippen molar-refractivity contribution in [2.24, 2.45) is 0 Å². The van der Waals surface area contributed by atoms with Gasteiger partial charge in [-0.05, 0) is 37.5 Å². The SMILES string of the molecule is CCNC(=O)[C@H](Cc1ccccc1)N(Cc1ccc(C)cc1)C(=O)Cc1ccc(C)cc1. The zero-order valence-electron chi connectivity index (χ0n) is 19.2. The van der Waals surface area contributed by atoms with E-state index >= 15 is 0 Å². The Balaban J connectivity index is 1.93. The highest BCUT2D eigenvalue weighted by atomic mass is 16.2. The fourth-order valence-corrected chi connectivity index (χ4v) is 3.72. The van der Waals surface area contributed by atoms with Crippen LogP contribution in [-0.4, -0.2) is 29.3 Å². The second-order valence-electron chi connectivity index (χ2n) is 8.27. The number of benzene rings is 3. The van der Waals surface area contributed by atoms with Crippen molar-refractivity contribution < 1.29 is 9.59 Å². The molecule has 0 unspecified atom stereocenters. The fourth-order valence-electron chi connectivity index (χ4n) is 3.72. The summed E-state index contributed by atoms with van der Waals surface area (Å²) in [5.74, 6) is -0.178. The molecule has 0 aliphatic rings. The van der Waals surface area contributed by atoms with Crippen LogP contribution in [0.4, 0.5) is 0 Å². The van der Waals surface area contributed by atoms with E-state index in [0.29, 0.717) is 19.5 Å². The number of carbonyl (C=O) groups excluding carboxylic acids is 2. The molecule has 0 aliphatic carbocycles. The molecule has 0 saturated carbocycles. The minimum Gasteiger partial charge on any atom is -0.355 e. The molecule has 0 aromatic heterocycles. The largest absolute Gasteiger partial charge is 0.355 e. The maximum Gasteiger partial charge on any atom is 0.243 e. The Morgan fingerprint density at radius 1 is 0.781 bits per heavy atom. The number of nitrogens with one attached hydrogen (secondary N) is 1. The summed E-state index contributed by atoms with van der Waals surface area (Å²) >= 11 is 0. The monoisotopic (exact) mass is 428 g/mol. The first-order valence-electron chi connectivity index (χ1n) is 11.2. The highest BCUT2D eigenvalue weighted by Crippen LogP contribution is 2.17. The summed E-state index contributed by atoms with van der Waals surface area (Å²) in [7, 11) is 0. The van der Waals surface area contributed by atoms with Crippen LogP contribution in [0.15, 0.2) is 78.9 Å². The van der Waals surface area contributed by atoms with Gasteiger partial charge in [0, 0.05) is 19.5 Å². The molecule has 3 aromatic rings. The minimum atomic E-state index is -0.586. The van der Waals surface area contributed by atoms with Crippen LogP contribution in [0.3, 0.4) is 0 Å². The van der Waals surface area contributed by atoms with Crippen molar-refractivity contribution in [2.45, 2.75) is 46.2 Å². The van der Waals surface area contributed by atoms with Gasteiger partial charge in [0.25, 0.3) is 0 Å². The third-order valence-corrected chi connectivity index (χ3v) is 5.57. The predicted octanol–water partition coefficient (Wildman–Crippen LogP) is 4.62. The highest BCUT2D eigenvalue weighted by molar-refractivity contribution is 5.88. The second-order valence-corrected chi connectivity index (χ2v) is 8.27. The summed E-state index contributed by atoms with van der Waals surface area (Å²) in [6.07, 6.45) is 0.731. The summed E-state index contributed by atoms with van der Waals surface area (Å²) in [6.45, 7) is 6.88. The number of rotatable bonds is 9. The molecular formula is C28H32N2O2. The van der Waals surface area contributed by atoms with Gasteiger partial charge >= 0.3 is 0 Å². The van der Waals surface area contributed by atoms with Crippen LogP contribution in [0.1, 0.15) is 34.7 Å². The first-order chi connectivity index (χ1) is 15.5. The lowest BCUT2D eigenvalue weighted by atomic mass is 10.0. The van der Waals surface area contributed by atoms with Gasteiger partial charge in [0.1, 0.15) is 6.04 Å². The molecule has 0 spiro atoms. The number of aryl methyl sites for hydroxylation is 2. The zero-order chi connectivity index (χ0) is 22.9. The predicted molar refractivity (Wildman–Crippen MR) is 129 cm³/mol. The molecule has 0 saturated heterocycles. The van der Waals surface area contributed by atoms with Crippen molar-refractivity contribution in [3.8, 4) is 0 Å². The van der Waals surface area contributed by atoms with E-state index in [9.17, 15) is 9.59 Å². The van der Waals surface area contributed by atoms with Gasteiger partial charge in [-0.15, -0.1) is 0 Å². The third-order valence-electron chi connectivity index (χ3n) is 5.57. The van der Waals surface area contributed by atoms with Crippen LogP contribution >= 0.6 is 0 Å². The van der Waals surface area contributed by atoms with Gasteiger partial charge < -0.3 is 10.2 Å². The Kier molecular flexibility index (Phi) is 8.20. The maximum atomic E-state index is 13.6. The van der Waals surface area contributed by atoms with Gasteiger partial charge in [-0.2, -0.15) is 0 Å². The second kappa shape index (κ2) is 11.3. The first-order valence-corrected chi connectivity index (χ1v) is 11.2. The van der Waals surface area contributed by atoms with Crippen molar-refractivity contribution in [1.82, 2.24) is 10.2 Å². The number of hydrogen-bond donors (Lipinski definition) is 1. The Morgan fingerprint density at radius 2 is 1.34 bits per heavy atom. The number of hydrogen-bond acceptors (Lipinski definition) is 2. The van der Waals surface area contributed by atoms with Crippen LogP contribution in [0.5, 0.6) is 0 Å². The van der Waals surface area contributed by atoms with E-state index in [1.165, 1.54) is 0 Å². The molecule has 1 N–H and O–H groups in total. The maximum absolute atomic E-state index is 13.6. The standard InChI is InChI=1S/C28H32N2O2/c1-4-29-28(32)26(18-23-8-6-5-7-9-23)30(20-25-16-12-22(3)13-17-25)27(31)19-24-14-10-21(2)11-15-24/h5-17,26H,4,18-20H2,1-3H3,(H,29,32)/t26-/m0/s1. The molecule has 3 rings (SSSR count). The van der Waals surface area contributed by atoms with Gasteiger partial charge in [-0.25, -0.2) is 0 Å². The smallest absolute Gasteiger partial charge is 0.243 e.